The zero-order chi connectivity index (χ0) is 21.2. The van der Waals surface area contributed by atoms with Crippen LogP contribution in [0.15, 0.2) is 30.3 Å². The number of nitrogens with one attached hydrogen (secondary N) is 1. The van der Waals surface area contributed by atoms with E-state index >= 15 is 0 Å². The number of carbonyl (C=O) groups excluding carboxylic acids is 3. The van der Waals surface area contributed by atoms with Crippen molar-refractivity contribution in [2.75, 3.05) is 7.11 Å². The summed E-state index contributed by atoms with van der Waals surface area (Å²) >= 11 is 0. The molecule has 2 aliphatic rings. The molecule has 29 heavy (non-hydrogen) atoms. The second-order valence-corrected chi connectivity index (χ2v) is 8.73. The number of methoxy groups -OCH3 is 1. The van der Waals surface area contributed by atoms with Crippen LogP contribution in [0.2, 0.25) is 0 Å². The Kier molecular flexibility index (Phi) is 6.15. The van der Waals surface area contributed by atoms with Crippen molar-refractivity contribution < 1.29 is 23.9 Å². The minimum absolute atomic E-state index is 0.0248. The van der Waals surface area contributed by atoms with Gasteiger partial charge in [0.1, 0.15) is 17.7 Å². The predicted octanol–water partition coefficient (Wildman–Crippen LogP) is 2.99. The fourth-order valence-electron chi connectivity index (χ4n) is 4.39. The molecular formula is C22H30N2O5. The van der Waals surface area contributed by atoms with Crippen LogP contribution < -0.4 is 5.32 Å². The molecule has 2 fully saturated rings. The molecule has 1 aromatic rings. The summed E-state index contributed by atoms with van der Waals surface area (Å²) in [5.74, 6) is -0.852. The smallest absolute Gasteiger partial charge is 0.408 e. The Hall–Kier alpha value is -2.57. The van der Waals surface area contributed by atoms with Gasteiger partial charge in [0.2, 0.25) is 5.91 Å². The highest BCUT2D eigenvalue weighted by molar-refractivity contribution is 5.91. The minimum Gasteiger partial charge on any atom is -0.467 e. The highest BCUT2D eigenvalue weighted by Gasteiger charge is 2.48. The second kappa shape index (κ2) is 8.43. The molecule has 2 saturated heterocycles. The summed E-state index contributed by atoms with van der Waals surface area (Å²) in [5.41, 5.74) is 0.308. The lowest BCUT2D eigenvalue weighted by Crippen LogP contribution is -2.55. The number of fused-ring (bicyclic) bond motifs is 1. The van der Waals surface area contributed by atoms with E-state index in [0.29, 0.717) is 6.42 Å². The number of alkyl carbamates (subject to hydrolysis) is 1. The molecule has 3 rings (SSSR count). The van der Waals surface area contributed by atoms with E-state index in [9.17, 15) is 14.4 Å². The third-order valence-corrected chi connectivity index (χ3v) is 5.61. The number of ether oxygens (including phenoxy) is 2. The van der Waals surface area contributed by atoms with E-state index in [2.05, 4.69) is 5.32 Å². The van der Waals surface area contributed by atoms with Crippen molar-refractivity contribution in [1.29, 1.82) is 0 Å². The molecule has 7 heteroatoms. The van der Waals surface area contributed by atoms with Gasteiger partial charge >= 0.3 is 12.1 Å². The summed E-state index contributed by atoms with van der Waals surface area (Å²) in [7, 11) is 1.33. The van der Waals surface area contributed by atoms with Crippen molar-refractivity contribution >= 4 is 18.0 Å². The highest BCUT2D eigenvalue weighted by atomic mass is 16.6. The molecule has 0 bridgehead atoms. The molecule has 0 unspecified atom stereocenters. The van der Waals surface area contributed by atoms with Gasteiger partial charge in [0.05, 0.1) is 7.11 Å². The molecule has 2 amide bonds. The van der Waals surface area contributed by atoms with E-state index < -0.39 is 29.7 Å². The first-order chi connectivity index (χ1) is 13.7. The minimum atomic E-state index is -0.803. The van der Waals surface area contributed by atoms with Crippen LogP contribution in [0.25, 0.3) is 0 Å². The Balaban J connectivity index is 1.93. The van der Waals surface area contributed by atoms with Gasteiger partial charge in [0.15, 0.2) is 0 Å². The first-order valence-corrected chi connectivity index (χ1v) is 10.2. The van der Waals surface area contributed by atoms with Crippen molar-refractivity contribution in [2.45, 2.75) is 76.1 Å². The fourth-order valence-corrected chi connectivity index (χ4v) is 4.39. The number of carbonyl (C=O) groups is 3. The molecule has 0 spiro atoms. The Morgan fingerprint density at radius 2 is 1.72 bits per heavy atom. The summed E-state index contributed by atoms with van der Waals surface area (Å²) in [5, 5.41) is 2.80. The standard InChI is InChI=1S/C22H30N2O5/c1-22(2,3)29-21(27)23-18-16(14-8-6-5-7-9-14)12-10-15-11-13-17(20(26)28-4)24(15)19(18)25/h5-9,15-18H,10-13H2,1-4H3,(H,23,27)/t15-,16-,17-,18-/m0/s1. The molecule has 1 N–H and O–H groups in total. The Labute approximate surface area is 171 Å². The molecule has 0 saturated carbocycles. The van der Waals surface area contributed by atoms with E-state index in [4.69, 9.17) is 9.47 Å². The van der Waals surface area contributed by atoms with Crippen LogP contribution in [0.5, 0.6) is 0 Å². The molecule has 2 heterocycles. The van der Waals surface area contributed by atoms with Gasteiger partial charge in [0, 0.05) is 12.0 Å². The average molecular weight is 402 g/mol. The average Bonchev–Trinajstić information content (AvgIpc) is 3.04. The fraction of sp³-hybridized carbons (Fsp3) is 0.591. The zero-order valence-corrected chi connectivity index (χ0v) is 17.5. The van der Waals surface area contributed by atoms with Gasteiger partial charge in [-0.2, -0.15) is 0 Å². The molecule has 4 atom stereocenters. The molecule has 0 aromatic heterocycles. The van der Waals surface area contributed by atoms with Gasteiger partial charge in [-0.05, 0) is 52.0 Å². The number of benzene rings is 1. The van der Waals surface area contributed by atoms with Crippen LogP contribution in [0.4, 0.5) is 4.79 Å². The SMILES string of the molecule is COC(=O)[C@@H]1CC[C@@H]2CC[C@@H](c3ccccc3)[C@H](NC(=O)OC(C)(C)C)C(=O)N21. The number of nitrogens with zero attached hydrogens (tertiary/aromatic N) is 1. The molecule has 0 aliphatic carbocycles. The van der Waals surface area contributed by atoms with Gasteiger partial charge in [-0.3, -0.25) is 4.79 Å². The third kappa shape index (κ3) is 4.71. The maximum absolute atomic E-state index is 13.6. The largest absolute Gasteiger partial charge is 0.467 e. The van der Waals surface area contributed by atoms with Gasteiger partial charge in [-0.1, -0.05) is 30.3 Å². The lowest BCUT2D eigenvalue weighted by molar-refractivity contribution is -0.152. The predicted molar refractivity (Wildman–Crippen MR) is 107 cm³/mol. The van der Waals surface area contributed by atoms with Crippen LogP contribution in [0.1, 0.15) is 57.9 Å². The number of hydrogen-bond acceptors (Lipinski definition) is 5. The third-order valence-electron chi connectivity index (χ3n) is 5.61. The topological polar surface area (TPSA) is 84.9 Å². The molecule has 0 radical (unpaired) electrons. The van der Waals surface area contributed by atoms with Crippen molar-refractivity contribution in [3.63, 3.8) is 0 Å². The van der Waals surface area contributed by atoms with E-state index in [1.165, 1.54) is 7.11 Å². The van der Waals surface area contributed by atoms with E-state index in [1.807, 2.05) is 30.3 Å². The van der Waals surface area contributed by atoms with Crippen molar-refractivity contribution in [1.82, 2.24) is 10.2 Å². The summed E-state index contributed by atoms with van der Waals surface area (Å²) in [6.07, 6.45) is 2.20. The normalized spacial score (nSPS) is 27.0. The summed E-state index contributed by atoms with van der Waals surface area (Å²) in [4.78, 5) is 40.0. The number of amides is 2. The summed E-state index contributed by atoms with van der Waals surface area (Å²) < 4.78 is 10.3. The van der Waals surface area contributed by atoms with E-state index in [-0.39, 0.29) is 17.9 Å². The zero-order valence-electron chi connectivity index (χ0n) is 17.5. The lowest BCUT2D eigenvalue weighted by Gasteiger charge is -2.32. The lowest BCUT2D eigenvalue weighted by atomic mass is 9.87. The molecule has 1 aromatic carbocycles. The van der Waals surface area contributed by atoms with Gasteiger partial charge in [0.25, 0.3) is 0 Å². The maximum atomic E-state index is 13.6. The van der Waals surface area contributed by atoms with E-state index in [0.717, 1.165) is 24.8 Å². The van der Waals surface area contributed by atoms with Crippen LogP contribution in [0, 0.1) is 0 Å². The first kappa shape index (κ1) is 21.1. The van der Waals surface area contributed by atoms with Gasteiger partial charge in [-0.25, -0.2) is 9.59 Å². The van der Waals surface area contributed by atoms with Crippen molar-refractivity contribution in [3.8, 4) is 0 Å². The monoisotopic (exact) mass is 402 g/mol. The van der Waals surface area contributed by atoms with Crippen LogP contribution in [0.3, 0.4) is 0 Å². The van der Waals surface area contributed by atoms with Crippen LogP contribution in [-0.4, -0.2) is 53.7 Å². The van der Waals surface area contributed by atoms with Gasteiger partial charge in [-0.15, -0.1) is 0 Å². The Morgan fingerprint density at radius 1 is 1.07 bits per heavy atom. The van der Waals surface area contributed by atoms with Crippen LogP contribution >= 0.6 is 0 Å². The van der Waals surface area contributed by atoms with E-state index in [1.54, 1.807) is 25.7 Å². The molecule has 7 nitrogen and oxygen atoms in total. The molecular weight excluding hydrogens is 372 g/mol. The quantitative estimate of drug-likeness (QED) is 0.786. The Morgan fingerprint density at radius 3 is 2.34 bits per heavy atom. The highest BCUT2D eigenvalue weighted by Crippen LogP contribution is 2.38. The second-order valence-electron chi connectivity index (χ2n) is 8.73. The number of esters is 1. The first-order valence-electron chi connectivity index (χ1n) is 10.2. The number of hydrogen-bond donors (Lipinski definition) is 1. The summed E-state index contributed by atoms with van der Waals surface area (Å²) in [6.45, 7) is 5.33. The van der Waals surface area contributed by atoms with Gasteiger partial charge < -0.3 is 19.7 Å². The number of rotatable bonds is 3. The van der Waals surface area contributed by atoms with Crippen molar-refractivity contribution in [2.24, 2.45) is 0 Å². The maximum Gasteiger partial charge on any atom is 0.408 e. The molecule has 158 valence electrons. The summed E-state index contributed by atoms with van der Waals surface area (Å²) in [6, 6.07) is 8.28. The molecule has 2 aliphatic heterocycles. The Bertz CT molecular complexity index is 758. The van der Waals surface area contributed by atoms with Crippen molar-refractivity contribution in [3.05, 3.63) is 35.9 Å². The van der Waals surface area contributed by atoms with Crippen LogP contribution in [-0.2, 0) is 19.1 Å².